The van der Waals surface area contributed by atoms with Crippen LogP contribution in [0.4, 0.5) is 0 Å². The Morgan fingerprint density at radius 1 is 1.32 bits per heavy atom. The number of carbonyl (C=O) groups excluding carboxylic acids is 1. The van der Waals surface area contributed by atoms with E-state index in [0.29, 0.717) is 6.42 Å². The van der Waals surface area contributed by atoms with E-state index in [1.807, 2.05) is 24.3 Å². The predicted octanol–water partition coefficient (Wildman–Crippen LogP) is 3.72. The zero-order valence-electron chi connectivity index (χ0n) is 10.2. The summed E-state index contributed by atoms with van der Waals surface area (Å²) in [5.41, 5.74) is 2.19. The Morgan fingerprint density at radius 2 is 2.05 bits per heavy atom. The van der Waals surface area contributed by atoms with Gasteiger partial charge >= 0.3 is 0 Å². The lowest BCUT2D eigenvalue weighted by Crippen LogP contribution is -2.38. The van der Waals surface area contributed by atoms with Crippen LogP contribution in [0.3, 0.4) is 0 Å². The first kappa shape index (κ1) is 13.1. The lowest BCUT2D eigenvalue weighted by molar-refractivity contribution is -0.121. The number of fused-ring (bicyclic) bond motifs is 1. The van der Waals surface area contributed by atoms with Gasteiger partial charge in [-0.25, -0.2) is 0 Å². The van der Waals surface area contributed by atoms with E-state index in [0.717, 1.165) is 22.2 Å². The zero-order chi connectivity index (χ0) is 13.5. The number of benzene rings is 1. The molecular formula is C15H13Br2NO. The highest BCUT2D eigenvalue weighted by Gasteiger charge is 2.50. The standard InChI is InChI=1S/C15H13Br2NO/c16-11-7-5-10(6-8-11)9-15(17)12-3-1-2-4-13(12)18-14(15)19/h1-2,4-8,12H,3,9H2,(H,18,19). The normalized spacial score (nSPS) is 28.8. The van der Waals surface area contributed by atoms with Gasteiger partial charge in [-0.2, -0.15) is 0 Å². The third kappa shape index (κ3) is 2.32. The van der Waals surface area contributed by atoms with Gasteiger partial charge in [0, 0.05) is 16.1 Å². The molecule has 2 unspecified atom stereocenters. The molecule has 1 fully saturated rings. The van der Waals surface area contributed by atoms with Crippen molar-refractivity contribution < 1.29 is 4.79 Å². The second-order valence-corrected chi connectivity index (χ2v) is 7.29. The van der Waals surface area contributed by atoms with Crippen molar-refractivity contribution in [3.63, 3.8) is 0 Å². The largest absolute Gasteiger partial charge is 0.328 e. The van der Waals surface area contributed by atoms with E-state index in [2.05, 4.69) is 55.4 Å². The minimum Gasteiger partial charge on any atom is -0.328 e. The van der Waals surface area contributed by atoms with Crippen LogP contribution in [0.25, 0.3) is 0 Å². The molecule has 1 amide bonds. The molecule has 1 aromatic rings. The molecule has 0 spiro atoms. The van der Waals surface area contributed by atoms with Crippen molar-refractivity contribution in [3.05, 3.63) is 58.2 Å². The molecule has 3 rings (SSSR count). The highest BCUT2D eigenvalue weighted by atomic mass is 79.9. The van der Waals surface area contributed by atoms with Gasteiger partial charge in [0.25, 0.3) is 0 Å². The first-order chi connectivity index (χ1) is 9.09. The van der Waals surface area contributed by atoms with Gasteiger partial charge in [-0.05, 0) is 36.6 Å². The minimum atomic E-state index is -0.530. The van der Waals surface area contributed by atoms with Crippen molar-refractivity contribution in [2.45, 2.75) is 17.2 Å². The van der Waals surface area contributed by atoms with Crippen molar-refractivity contribution in [2.24, 2.45) is 5.92 Å². The van der Waals surface area contributed by atoms with E-state index >= 15 is 0 Å². The van der Waals surface area contributed by atoms with Crippen LogP contribution >= 0.6 is 31.9 Å². The van der Waals surface area contributed by atoms with E-state index < -0.39 is 4.32 Å². The fraction of sp³-hybridized carbons (Fsp3) is 0.267. The van der Waals surface area contributed by atoms with Gasteiger partial charge in [0.05, 0.1) is 0 Å². The minimum absolute atomic E-state index is 0.0652. The van der Waals surface area contributed by atoms with Gasteiger partial charge in [0.1, 0.15) is 4.32 Å². The monoisotopic (exact) mass is 381 g/mol. The van der Waals surface area contributed by atoms with Crippen LogP contribution in [0.5, 0.6) is 0 Å². The topological polar surface area (TPSA) is 29.1 Å². The number of halogens is 2. The summed E-state index contributed by atoms with van der Waals surface area (Å²) < 4.78 is 0.522. The second-order valence-electron chi connectivity index (χ2n) is 4.96. The molecule has 98 valence electrons. The molecule has 2 atom stereocenters. The molecule has 0 aromatic heterocycles. The number of rotatable bonds is 2. The van der Waals surface area contributed by atoms with E-state index in [1.165, 1.54) is 0 Å². The Kier molecular flexibility index (Phi) is 3.39. The van der Waals surface area contributed by atoms with Gasteiger partial charge in [-0.3, -0.25) is 4.79 Å². The van der Waals surface area contributed by atoms with Crippen molar-refractivity contribution >= 4 is 37.8 Å². The number of hydrogen-bond donors (Lipinski definition) is 1. The fourth-order valence-corrected chi connectivity index (χ4v) is 3.81. The van der Waals surface area contributed by atoms with E-state index in [4.69, 9.17) is 0 Å². The second kappa shape index (κ2) is 4.91. The molecule has 1 aromatic carbocycles. The molecule has 1 saturated heterocycles. The molecular weight excluding hydrogens is 370 g/mol. The Morgan fingerprint density at radius 3 is 2.79 bits per heavy atom. The SMILES string of the molecule is O=C1NC2=CC=CCC2C1(Br)Cc1ccc(Br)cc1. The van der Waals surface area contributed by atoms with Crippen molar-refractivity contribution in [1.82, 2.24) is 5.32 Å². The molecule has 1 aliphatic carbocycles. The zero-order valence-corrected chi connectivity index (χ0v) is 13.4. The summed E-state index contributed by atoms with van der Waals surface area (Å²) in [6.07, 6.45) is 7.71. The van der Waals surface area contributed by atoms with Gasteiger partial charge in [-0.15, -0.1) is 0 Å². The van der Waals surface area contributed by atoms with E-state index in [1.54, 1.807) is 0 Å². The van der Waals surface area contributed by atoms with Gasteiger partial charge in [-0.1, -0.05) is 56.1 Å². The summed E-state index contributed by atoms with van der Waals surface area (Å²) in [4.78, 5) is 12.3. The molecule has 1 heterocycles. The third-order valence-corrected chi connectivity index (χ3v) is 5.44. The number of hydrogen-bond acceptors (Lipinski definition) is 1. The molecule has 4 heteroatoms. The quantitative estimate of drug-likeness (QED) is 0.776. The molecule has 0 bridgehead atoms. The Labute approximate surface area is 129 Å². The summed E-state index contributed by atoms with van der Waals surface area (Å²) in [7, 11) is 0. The lowest BCUT2D eigenvalue weighted by Gasteiger charge is -2.27. The van der Waals surface area contributed by atoms with E-state index in [-0.39, 0.29) is 11.8 Å². The van der Waals surface area contributed by atoms with Crippen molar-refractivity contribution in [2.75, 3.05) is 0 Å². The predicted molar refractivity (Wildman–Crippen MR) is 83.0 cm³/mol. The lowest BCUT2D eigenvalue weighted by atomic mass is 9.83. The Hall–Kier alpha value is -0.870. The summed E-state index contributed by atoms with van der Waals surface area (Å²) in [5, 5.41) is 2.99. The molecule has 2 aliphatic rings. The molecule has 1 N–H and O–H groups in total. The maximum atomic E-state index is 12.3. The number of nitrogens with one attached hydrogen (secondary N) is 1. The van der Waals surface area contributed by atoms with Gasteiger partial charge in [0.2, 0.25) is 5.91 Å². The maximum Gasteiger partial charge on any atom is 0.242 e. The highest BCUT2D eigenvalue weighted by Crippen LogP contribution is 2.44. The summed E-state index contributed by atoms with van der Waals surface area (Å²) >= 11 is 7.14. The number of alkyl halides is 1. The first-order valence-corrected chi connectivity index (χ1v) is 7.80. The van der Waals surface area contributed by atoms with E-state index in [9.17, 15) is 4.79 Å². The van der Waals surface area contributed by atoms with Crippen molar-refractivity contribution in [3.8, 4) is 0 Å². The average Bonchev–Trinajstić information content (AvgIpc) is 2.65. The maximum absolute atomic E-state index is 12.3. The summed E-state index contributed by atoms with van der Waals surface area (Å²) in [6, 6.07) is 8.13. The van der Waals surface area contributed by atoms with Crippen LogP contribution in [0, 0.1) is 5.92 Å². The summed E-state index contributed by atoms with van der Waals surface area (Å²) in [5.74, 6) is 0.268. The third-order valence-electron chi connectivity index (χ3n) is 3.72. The van der Waals surface area contributed by atoms with Crippen molar-refractivity contribution in [1.29, 1.82) is 0 Å². The highest BCUT2D eigenvalue weighted by molar-refractivity contribution is 9.10. The smallest absolute Gasteiger partial charge is 0.242 e. The molecule has 2 nitrogen and oxygen atoms in total. The Balaban J connectivity index is 1.90. The first-order valence-electron chi connectivity index (χ1n) is 6.21. The van der Waals surface area contributed by atoms with Crippen LogP contribution in [-0.2, 0) is 11.2 Å². The number of amides is 1. The van der Waals surface area contributed by atoms with Crippen LogP contribution < -0.4 is 5.32 Å². The van der Waals surface area contributed by atoms with Crippen LogP contribution in [0.15, 0.2) is 52.7 Å². The molecule has 0 saturated carbocycles. The summed E-state index contributed by atoms with van der Waals surface area (Å²) in [6.45, 7) is 0. The fourth-order valence-electron chi connectivity index (χ4n) is 2.69. The Bertz CT molecular complexity index is 576. The van der Waals surface area contributed by atoms with Crippen LogP contribution in [0.2, 0.25) is 0 Å². The number of allylic oxidation sites excluding steroid dienone is 4. The molecule has 1 aliphatic heterocycles. The van der Waals surface area contributed by atoms with Crippen LogP contribution in [-0.4, -0.2) is 10.2 Å². The molecule has 0 radical (unpaired) electrons. The molecule has 19 heavy (non-hydrogen) atoms. The van der Waals surface area contributed by atoms with Gasteiger partial charge in [0.15, 0.2) is 0 Å². The average molecular weight is 383 g/mol. The van der Waals surface area contributed by atoms with Crippen LogP contribution in [0.1, 0.15) is 12.0 Å². The van der Waals surface area contributed by atoms with Gasteiger partial charge < -0.3 is 5.32 Å². The number of carbonyl (C=O) groups is 1.